The van der Waals surface area contributed by atoms with Gasteiger partial charge in [0.1, 0.15) is 0 Å². The van der Waals surface area contributed by atoms with Crippen LogP contribution in [0.4, 0.5) is 0 Å². The van der Waals surface area contributed by atoms with Crippen molar-refractivity contribution in [3.8, 4) is 0 Å². The van der Waals surface area contributed by atoms with E-state index in [0.717, 1.165) is 6.42 Å². The van der Waals surface area contributed by atoms with Gasteiger partial charge in [-0.2, -0.15) is 0 Å². The van der Waals surface area contributed by atoms with Crippen molar-refractivity contribution in [1.29, 1.82) is 0 Å². The molecule has 0 bridgehead atoms. The van der Waals surface area contributed by atoms with Crippen LogP contribution >= 0.6 is 12.6 Å². The van der Waals surface area contributed by atoms with E-state index in [4.69, 9.17) is 0 Å². The first-order chi connectivity index (χ1) is 9.18. The van der Waals surface area contributed by atoms with E-state index < -0.39 is 0 Å². The molecule has 1 nitrogen and oxygen atoms in total. The summed E-state index contributed by atoms with van der Waals surface area (Å²) in [6.45, 7) is 4.22. The Bertz CT molecular complexity index is 203. The molecule has 0 saturated carbocycles. The summed E-state index contributed by atoms with van der Waals surface area (Å²) >= 11 is 4.65. The van der Waals surface area contributed by atoms with Gasteiger partial charge in [-0.15, -0.1) is 0 Å². The smallest absolute Gasteiger partial charge is 0.221 e. The molecule has 0 spiro atoms. The van der Waals surface area contributed by atoms with Gasteiger partial charge in [0, 0.05) is 5.92 Å². The SMILES string of the molecule is CCCCCCCCCCCCCCC(C)C(=O)[S]. The van der Waals surface area contributed by atoms with E-state index in [1.807, 2.05) is 6.92 Å². The van der Waals surface area contributed by atoms with Gasteiger partial charge in [-0.3, -0.25) is 4.79 Å². The lowest BCUT2D eigenvalue weighted by molar-refractivity contribution is -0.113. The van der Waals surface area contributed by atoms with Gasteiger partial charge >= 0.3 is 0 Å². The van der Waals surface area contributed by atoms with Crippen molar-refractivity contribution in [2.75, 3.05) is 0 Å². The van der Waals surface area contributed by atoms with Crippen molar-refractivity contribution in [3.05, 3.63) is 0 Å². The fourth-order valence-corrected chi connectivity index (χ4v) is 2.53. The summed E-state index contributed by atoms with van der Waals surface area (Å²) in [7, 11) is 0. The summed E-state index contributed by atoms with van der Waals surface area (Å²) in [5.41, 5.74) is 0. The Labute approximate surface area is 126 Å². The molecule has 1 unspecified atom stereocenters. The van der Waals surface area contributed by atoms with Gasteiger partial charge in [0.15, 0.2) is 0 Å². The number of rotatable bonds is 14. The standard InChI is InChI=1S/C17H33OS/c1-3-4-5-6-7-8-9-10-11-12-13-14-15-16(2)17(18)19/h16H,3-15H2,1-2H3. The monoisotopic (exact) mass is 285 g/mol. The quantitative estimate of drug-likeness (QED) is 0.336. The largest absolute Gasteiger partial charge is 0.282 e. The van der Waals surface area contributed by atoms with Gasteiger partial charge in [0.25, 0.3) is 0 Å². The summed E-state index contributed by atoms with van der Waals surface area (Å²) in [5.74, 6) is 0.0955. The minimum Gasteiger partial charge on any atom is -0.282 e. The average molecular weight is 286 g/mol. The fourth-order valence-electron chi connectivity index (χ4n) is 2.41. The second-order valence-electron chi connectivity index (χ2n) is 5.90. The van der Waals surface area contributed by atoms with Gasteiger partial charge in [0.05, 0.1) is 0 Å². The highest BCUT2D eigenvalue weighted by atomic mass is 32.1. The van der Waals surface area contributed by atoms with Crippen molar-refractivity contribution in [3.63, 3.8) is 0 Å². The zero-order valence-electron chi connectivity index (χ0n) is 13.1. The molecule has 1 radical (unpaired) electrons. The van der Waals surface area contributed by atoms with Gasteiger partial charge in [-0.1, -0.05) is 90.9 Å². The minimum atomic E-state index is -0.0666. The average Bonchev–Trinajstić information content (AvgIpc) is 2.39. The molecule has 0 aromatic rings. The molecule has 1 atom stereocenters. The minimum absolute atomic E-state index is 0.0666. The Hall–Kier alpha value is -0.110. The zero-order valence-corrected chi connectivity index (χ0v) is 13.9. The molecule has 0 N–H and O–H groups in total. The molecule has 0 aromatic carbocycles. The lowest BCUT2D eigenvalue weighted by atomic mass is 10.0. The third kappa shape index (κ3) is 14.1. The van der Waals surface area contributed by atoms with Crippen molar-refractivity contribution in [2.45, 2.75) is 97.3 Å². The van der Waals surface area contributed by atoms with Crippen LogP contribution < -0.4 is 0 Å². The Balaban J connectivity index is 3.05. The van der Waals surface area contributed by atoms with Crippen molar-refractivity contribution >= 4 is 17.7 Å². The highest BCUT2D eigenvalue weighted by molar-refractivity contribution is 7.96. The molecule has 0 aromatic heterocycles. The predicted molar refractivity (Wildman–Crippen MR) is 87.5 cm³/mol. The van der Waals surface area contributed by atoms with Crippen LogP contribution in [0.25, 0.3) is 0 Å². The molecule has 0 saturated heterocycles. The Morgan fingerprint density at radius 1 is 0.789 bits per heavy atom. The number of unbranched alkanes of at least 4 members (excludes halogenated alkanes) is 11. The van der Waals surface area contributed by atoms with E-state index in [1.54, 1.807) is 0 Å². The van der Waals surface area contributed by atoms with Crippen LogP contribution in [0.2, 0.25) is 0 Å². The van der Waals surface area contributed by atoms with Gasteiger partial charge in [-0.25, -0.2) is 0 Å². The molecule has 0 amide bonds. The third-order valence-corrected chi connectivity index (χ3v) is 4.30. The molecule has 2 heteroatoms. The normalized spacial score (nSPS) is 12.5. The van der Waals surface area contributed by atoms with E-state index in [2.05, 4.69) is 19.6 Å². The highest BCUT2D eigenvalue weighted by Gasteiger charge is 2.08. The van der Waals surface area contributed by atoms with Crippen LogP contribution in [0.15, 0.2) is 0 Å². The van der Waals surface area contributed by atoms with Gasteiger partial charge < -0.3 is 0 Å². The van der Waals surface area contributed by atoms with Gasteiger partial charge in [0.2, 0.25) is 5.12 Å². The summed E-state index contributed by atoms with van der Waals surface area (Å²) in [5, 5.41) is -0.0666. The molecule has 0 aliphatic rings. The number of hydrogen-bond donors (Lipinski definition) is 0. The second-order valence-corrected chi connectivity index (χ2v) is 6.30. The molecule has 0 fully saturated rings. The zero-order chi connectivity index (χ0) is 14.3. The predicted octanol–water partition coefficient (Wildman–Crippen LogP) is 6.44. The topological polar surface area (TPSA) is 17.1 Å². The van der Waals surface area contributed by atoms with Crippen LogP contribution in [0.5, 0.6) is 0 Å². The molecule has 19 heavy (non-hydrogen) atoms. The lowest BCUT2D eigenvalue weighted by Gasteiger charge is -2.05. The van der Waals surface area contributed by atoms with Crippen molar-refractivity contribution in [2.24, 2.45) is 5.92 Å². The first kappa shape index (κ1) is 18.9. The number of carbonyl (C=O) groups is 1. The molecular formula is C17H33OS. The maximum absolute atomic E-state index is 10.9. The lowest BCUT2D eigenvalue weighted by Crippen LogP contribution is -2.03. The van der Waals surface area contributed by atoms with Crippen LogP contribution in [0.1, 0.15) is 97.3 Å². The van der Waals surface area contributed by atoms with E-state index in [0.29, 0.717) is 0 Å². The maximum Gasteiger partial charge on any atom is 0.221 e. The Kier molecular flexibility index (Phi) is 14.2. The van der Waals surface area contributed by atoms with Crippen molar-refractivity contribution in [1.82, 2.24) is 0 Å². The molecule has 0 rings (SSSR count). The van der Waals surface area contributed by atoms with Crippen LogP contribution in [-0.2, 0) is 4.79 Å². The Morgan fingerprint density at radius 2 is 1.16 bits per heavy atom. The van der Waals surface area contributed by atoms with E-state index in [1.165, 1.54) is 77.0 Å². The molecular weight excluding hydrogens is 252 g/mol. The molecule has 0 aliphatic heterocycles. The van der Waals surface area contributed by atoms with Crippen LogP contribution in [-0.4, -0.2) is 5.12 Å². The highest BCUT2D eigenvalue weighted by Crippen LogP contribution is 2.15. The number of hydrogen-bond acceptors (Lipinski definition) is 1. The first-order valence-electron chi connectivity index (χ1n) is 8.39. The summed E-state index contributed by atoms with van der Waals surface area (Å²) in [6.07, 6.45) is 17.4. The van der Waals surface area contributed by atoms with Crippen molar-refractivity contribution < 1.29 is 4.79 Å². The van der Waals surface area contributed by atoms with E-state index in [-0.39, 0.29) is 11.0 Å². The van der Waals surface area contributed by atoms with Gasteiger partial charge in [-0.05, 0) is 19.0 Å². The molecule has 113 valence electrons. The summed E-state index contributed by atoms with van der Waals surface area (Å²) in [6, 6.07) is 0. The summed E-state index contributed by atoms with van der Waals surface area (Å²) < 4.78 is 0. The van der Waals surface area contributed by atoms with E-state index >= 15 is 0 Å². The molecule has 0 aliphatic carbocycles. The molecule has 0 heterocycles. The van der Waals surface area contributed by atoms with Crippen LogP contribution in [0, 0.1) is 5.92 Å². The second kappa shape index (κ2) is 14.3. The third-order valence-electron chi connectivity index (χ3n) is 3.89. The summed E-state index contributed by atoms with van der Waals surface area (Å²) in [4.78, 5) is 10.9. The first-order valence-corrected chi connectivity index (χ1v) is 8.80. The van der Waals surface area contributed by atoms with E-state index in [9.17, 15) is 4.79 Å². The maximum atomic E-state index is 10.9. The van der Waals surface area contributed by atoms with Crippen LogP contribution in [0.3, 0.4) is 0 Å². The fraction of sp³-hybridized carbons (Fsp3) is 0.941. The Morgan fingerprint density at radius 3 is 1.53 bits per heavy atom. The number of carbonyl (C=O) groups excluding carboxylic acids is 1.